The summed E-state index contributed by atoms with van der Waals surface area (Å²) in [6.07, 6.45) is 1.11. The van der Waals surface area contributed by atoms with E-state index in [0.29, 0.717) is 0 Å². The minimum absolute atomic E-state index is 0.145. The number of furan rings is 1. The molecular weight excluding hydrogens is 310 g/mol. The maximum Gasteiger partial charge on any atom is 0.126 e. The molecule has 2 aromatic heterocycles. The molecule has 0 saturated heterocycles. The van der Waals surface area contributed by atoms with Gasteiger partial charge < -0.3 is 9.73 Å². The molecule has 1 atom stereocenters. The molecule has 2 rings (SSSR count). The smallest absolute Gasteiger partial charge is 0.126 e. The first-order chi connectivity index (χ1) is 8.61. The molecular formula is C14H18BrNOS. The number of thiophene rings is 1. The molecule has 0 radical (unpaired) electrons. The van der Waals surface area contributed by atoms with Crippen LogP contribution in [0.2, 0.25) is 0 Å². The van der Waals surface area contributed by atoms with Crippen molar-refractivity contribution in [3.05, 3.63) is 43.9 Å². The monoisotopic (exact) mass is 327 g/mol. The molecule has 0 aliphatic carbocycles. The molecule has 0 bridgehead atoms. The van der Waals surface area contributed by atoms with Gasteiger partial charge in [-0.25, -0.2) is 0 Å². The van der Waals surface area contributed by atoms with E-state index in [9.17, 15) is 0 Å². The molecule has 0 aliphatic heterocycles. The van der Waals surface area contributed by atoms with Crippen LogP contribution in [-0.4, -0.2) is 6.54 Å². The van der Waals surface area contributed by atoms with Crippen LogP contribution in [0.15, 0.2) is 27.1 Å². The van der Waals surface area contributed by atoms with Crippen LogP contribution in [0.5, 0.6) is 0 Å². The maximum atomic E-state index is 5.78. The Labute approximate surface area is 121 Å². The minimum atomic E-state index is 0.145. The summed E-state index contributed by atoms with van der Waals surface area (Å²) in [7, 11) is 0. The van der Waals surface area contributed by atoms with E-state index in [-0.39, 0.29) is 6.04 Å². The van der Waals surface area contributed by atoms with E-state index >= 15 is 0 Å². The highest BCUT2D eigenvalue weighted by Gasteiger charge is 2.21. The third-order valence-electron chi connectivity index (χ3n) is 2.74. The van der Waals surface area contributed by atoms with Gasteiger partial charge in [-0.2, -0.15) is 0 Å². The third-order valence-corrected chi connectivity index (χ3v) is 4.78. The van der Waals surface area contributed by atoms with E-state index in [1.165, 1.54) is 9.75 Å². The second kappa shape index (κ2) is 6.04. The van der Waals surface area contributed by atoms with Gasteiger partial charge in [0.15, 0.2) is 0 Å². The van der Waals surface area contributed by atoms with Crippen molar-refractivity contribution in [1.82, 2.24) is 5.32 Å². The van der Waals surface area contributed by atoms with Crippen LogP contribution < -0.4 is 5.32 Å². The molecule has 0 aromatic carbocycles. The van der Waals surface area contributed by atoms with E-state index in [4.69, 9.17) is 4.42 Å². The molecule has 0 amide bonds. The van der Waals surface area contributed by atoms with Crippen LogP contribution in [0.3, 0.4) is 0 Å². The van der Waals surface area contributed by atoms with Gasteiger partial charge >= 0.3 is 0 Å². The molecule has 2 heterocycles. The van der Waals surface area contributed by atoms with E-state index in [0.717, 1.165) is 29.0 Å². The maximum absolute atomic E-state index is 5.78. The number of aryl methyl sites for hydroxylation is 2. The third kappa shape index (κ3) is 3.05. The van der Waals surface area contributed by atoms with Crippen molar-refractivity contribution < 1.29 is 4.42 Å². The number of rotatable bonds is 5. The molecule has 1 unspecified atom stereocenters. The van der Waals surface area contributed by atoms with Crippen molar-refractivity contribution in [2.45, 2.75) is 33.2 Å². The zero-order valence-corrected chi connectivity index (χ0v) is 13.3. The van der Waals surface area contributed by atoms with Crippen molar-refractivity contribution in [2.24, 2.45) is 0 Å². The molecule has 98 valence electrons. The van der Waals surface area contributed by atoms with E-state index < -0.39 is 0 Å². The van der Waals surface area contributed by atoms with E-state index in [1.54, 1.807) is 0 Å². The molecule has 4 heteroatoms. The first kappa shape index (κ1) is 13.8. The standard InChI is InChI=1S/C14H18BrNOS/c1-4-7-16-13(12-6-5-9(2)17-12)14-11(15)8-10(3)18-14/h5-6,8,13,16H,4,7H2,1-3H3. The summed E-state index contributed by atoms with van der Waals surface area (Å²) in [4.78, 5) is 2.60. The number of nitrogens with one attached hydrogen (secondary N) is 1. The molecule has 1 N–H and O–H groups in total. The molecule has 0 saturated carbocycles. The Bertz CT molecular complexity index is 518. The highest BCUT2D eigenvalue weighted by molar-refractivity contribution is 9.10. The summed E-state index contributed by atoms with van der Waals surface area (Å²) in [5, 5.41) is 3.56. The largest absolute Gasteiger partial charge is 0.464 e. The van der Waals surface area contributed by atoms with Gasteiger partial charge in [-0.3, -0.25) is 0 Å². The first-order valence-corrected chi connectivity index (χ1v) is 7.78. The fraction of sp³-hybridized carbons (Fsp3) is 0.429. The quantitative estimate of drug-likeness (QED) is 0.852. The predicted octanol–water partition coefficient (Wildman–Crippen LogP) is 4.81. The van der Waals surface area contributed by atoms with Crippen LogP contribution >= 0.6 is 27.3 Å². The summed E-state index contributed by atoms with van der Waals surface area (Å²) < 4.78 is 6.94. The Morgan fingerprint density at radius 2 is 2.17 bits per heavy atom. The average Bonchev–Trinajstić information content (AvgIpc) is 2.87. The number of hydrogen-bond donors (Lipinski definition) is 1. The van der Waals surface area contributed by atoms with Gasteiger partial charge in [0.2, 0.25) is 0 Å². The Balaban J connectivity index is 2.33. The van der Waals surface area contributed by atoms with Crippen molar-refractivity contribution in [2.75, 3.05) is 6.54 Å². The molecule has 0 fully saturated rings. The number of hydrogen-bond acceptors (Lipinski definition) is 3. The van der Waals surface area contributed by atoms with Gasteiger partial charge in [-0.05, 0) is 60.9 Å². The molecule has 18 heavy (non-hydrogen) atoms. The summed E-state index contributed by atoms with van der Waals surface area (Å²) in [5.41, 5.74) is 0. The van der Waals surface area contributed by atoms with Gasteiger partial charge in [-0.1, -0.05) is 6.92 Å². The van der Waals surface area contributed by atoms with Crippen LogP contribution in [0.4, 0.5) is 0 Å². The van der Waals surface area contributed by atoms with Crippen LogP contribution in [0.25, 0.3) is 0 Å². The topological polar surface area (TPSA) is 25.2 Å². The Kier molecular flexibility index (Phi) is 4.65. The fourth-order valence-corrected chi connectivity index (χ4v) is 3.88. The molecule has 0 spiro atoms. The van der Waals surface area contributed by atoms with Gasteiger partial charge in [0.05, 0.1) is 0 Å². The lowest BCUT2D eigenvalue weighted by Gasteiger charge is -2.15. The fourth-order valence-electron chi connectivity index (χ4n) is 1.92. The second-order valence-electron chi connectivity index (χ2n) is 4.40. The zero-order valence-electron chi connectivity index (χ0n) is 10.9. The molecule has 2 nitrogen and oxygen atoms in total. The highest BCUT2D eigenvalue weighted by Crippen LogP contribution is 2.36. The Morgan fingerprint density at radius 3 is 2.67 bits per heavy atom. The summed E-state index contributed by atoms with van der Waals surface area (Å²) in [5.74, 6) is 1.95. The van der Waals surface area contributed by atoms with E-state index in [1.807, 2.05) is 24.3 Å². The lowest BCUT2D eigenvalue weighted by atomic mass is 10.2. The molecule has 0 aliphatic rings. The second-order valence-corrected chi connectivity index (χ2v) is 6.55. The average molecular weight is 328 g/mol. The Hall–Kier alpha value is -0.580. The molecule has 2 aromatic rings. The van der Waals surface area contributed by atoms with Crippen molar-refractivity contribution >= 4 is 27.3 Å². The van der Waals surface area contributed by atoms with E-state index in [2.05, 4.69) is 47.2 Å². The highest BCUT2D eigenvalue weighted by atomic mass is 79.9. The van der Waals surface area contributed by atoms with Crippen molar-refractivity contribution in [3.63, 3.8) is 0 Å². The summed E-state index contributed by atoms with van der Waals surface area (Å²) >= 11 is 5.45. The lowest BCUT2D eigenvalue weighted by molar-refractivity contribution is 0.433. The summed E-state index contributed by atoms with van der Waals surface area (Å²) in [6, 6.07) is 6.39. The lowest BCUT2D eigenvalue weighted by Crippen LogP contribution is -2.22. The minimum Gasteiger partial charge on any atom is -0.464 e. The van der Waals surface area contributed by atoms with Crippen LogP contribution in [0, 0.1) is 13.8 Å². The normalized spacial score (nSPS) is 12.9. The SMILES string of the molecule is CCCNC(c1ccc(C)o1)c1sc(C)cc1Br. The predicted molar refractivity (Wildman–Crippen MR) is 80.3 cm³/mol. The van der Waals surface area contributed by atoms with Gasteiger partial charge in [0, 0.05) is 14.2 Å². The van der Waals surface area contributed by atoms with Crippen molar-refractivity contribution in [1.29, 1.82) is 0 Å². The van der Waals surface area contributed by atoms with Crippen LogP contribution in [0.1, 0.15) is 40.7 Å². The number of halogens is 1. The van der Waals surface area contributed by atoms with Crippen LogP contribution in [-0.2, 0) is 0 Å². The first-order valence-electron chi connectivity index (χ1n) is 6.17. The van der Waals surface area contributed by atoms with Gasteiger partial charge in [0.25, 0.3) is 0 Å². The Morgan fingerprint density at radius 1 is 1.39 bits per heavy atom. The van der Waals surface area contributed by atoms with Crippen molar-refractivity contribution in [3.8, 4) is 0 Å². The zero-order chi connectivity index (χ0) is 13.1. The van der Waals surface area contributed by atoms with Gasteiger partial charge in [-0.15, -0.1) is 11.3 Å². The summed E-state index contributed by atoms with van der Waals surface area (Å²) in [6.45, 7) is 7.26. The van der Waals surface area contributed by atoms with Gasteiger partial charge in [0.1, 0.15) is 17.6 Å².